The standard InChI is InChI=1S/C21H21NO2/c1-15-7-9-16(10-8-15)14-21(2,24)20(23)22-19-12-11-17-5-3-4-6-18(17)13-19/h3-13,24H,14H2,1-2H3,(H,22,23). The van der Waals surface area contributed by atoms with E-state index in [0.717, 1.165) is 21.9 Å². The first-order valence-corrected chi connectivity index (χ1v) is 8.02. The molecule has 0 aliphatic carbocycles. The second-order valence-corrected chi connectivity index (χ2v) is 6.45. The number of fused-ring (bicyclic) bond motifs is 1. The van der Waals surface area contributed by atoms with Gasteiger partial charge in [-0.1, -0.05) is 60.2 Å². The van der Waals surface area contributed by atoms with Crippen molar-refractivity contribution >= 4 is 22.4 Å². The second-order valence-electron chi connectivity index (χ2n) is 6.45. The normalized spacial score (nSPS) is 13.5. The quantitative estimate of drug-likeness (QED) is 0.761. The molecule has 3 heteroatoms. The Hall–Kier alpha value is -2.65. The number of carbonyl (C=O) groups is 1. The van der Waals surface area contributed by atoms with Crippen molar-refractivity contribution in [2.24, 2.45) is 0 Å². The summed E-state index contributed by atoms with van der Waals surface area (Å²) in [5, 5.41) is 15.5. The molecule has 2 N–H and O–H groups in total. The summed E-state index contributed by atoms with van der Waals surface area (Å²) in [4.78, 5) is 12.5. The predicted molar refractivity (Wildman–Crippen MR) is 98.1 cm³/mol. The Bertz CT molecular complexity index is 866. The zero-order valence-corrected chi connectivity index (χ0v) is 13.9. The lowest BCUT2D eigenvalue weighted by atomic mass is 9.95. The van der Waals surface area contributed by atoms with Gasteiger partial charge in [-0.3, -0.25) is 4.79 Å². The van der Waals surface area contributed by atoms with Crippen LogP contribution in [0.4, 0.5) is 5.69 Å². The number of nitrogens with one attached hydrogen (secondary N) is 1. The third kappa shape index (κ3) is 3.63. The lowest BCUT2D eigenvalue weighted by molar-refractivity contribution is -0.132. The molecule has 0 radical (unpaired) electrons. The van der Waals surface area contributed by atoms with Gasteiger partial charge in [0.05, 0.1) is 0 Å². The number of rotatable bonds is 4. The van der Waals surface area contributed by atoms with E-state index in [4.69, 9.17) is 0 Å². The SMILES string of the molecule is Cc1ccc(CC(C)(O)C(=O)Nc2ccc3ccccc3c2)cc1. The molecule has 122 valence electrons. The van der Waals surface area contributed by atoms with Gasteiger partial charge in [-0.2, -0.15) is 0 Å². The zero-order chi connectivity index (χ0) is 17.2. The van der Waals surface area contributed by atoms with Gasteiger partial charge in [0.2, 0.25) is 0 Å². The number of hydrogen-bond donors (Lipinski definition) is 2. The van der Waals surface area contributed by atoms with Gasteiger partial charge >= 0.3 is 0 Å². The number of benzene rings is 3. The monoisotopic (exact) mass is 319 g/mol. The highest BCUT2D eigenvalue weighted by Gasteiger charge is 2.30. The third-order valence-electron chi connectivity index (χ3n) is 4.17. The summed E-state index contributed by atoms with van der Waals surface area (Å²) >= 11 is 0. The first-order valence-electron chi connectivity index (χ1n) is 8.02. The van der Waals surface area contributed by atoms with E-state index in [-0.39, 0.29) is 6.42 Å². The van der Waals surface area contributed by atoms with E-state index in [0.29, 0.717) is 5.69 Å². The van der Waals surface area contributed by atoms with Gasteiger partial charge in [-0.25, -0.2) is 0 Å². The lowest BCUT2D eigenvalue weighted by Crippen LogP contribution is -2.42. The largest absolute Gasteiger partial charge is 0.380 e. The number of aliphatic hydroxyl groups is 1. The summed E-state index contributed by atoms with van der Waals surface area (Å²) in [6, 6.07) is 21.5. The van der Waals surface area contributed by atoms with Gasteiger partial charge in [-0.15, -0.1) is 0 Å². The first kappa shape index (κ1) is 16.2. The van der Waals surface area contributed by atoms with Crippen LogP contribution >= 0.6 is 0 Å². The van der Waals surface area contributed by atoms with E-state index in [9.17, 15) is 9.90 Å². The van der Waals surface area contributed by atoms with Crippen LogP contribution < -0.4 is 5.32 Å². The fourth-order valence-corrected chi connectivity index (χ4v) is 2.72. The molecular formula is C21H21NO2. The van der Waals surface area contributed by atoms with Crippen molar-refractivity contribution in [2.75, 3.05) is 5.32 Å². The molecule has 3 aromatic rings. The minimum Gasteiger partial charge on any atom is -0.380 e. The minimum atomic E-state index is -1.47. The van der Waals surface area contributed by atoms with Gasteiger partial charge in [0.15, 0.2) is 0 Å². The van der Waals surface area contributed by atoms with Crippen molar-refractivity contribution in [3.8, 4) is 0 Å². The van der Waals surface area contributed by atoms with Crippen LogP contribution in [0.1, 0.15) is 18.1 Å². The van der Waals surface area contributed by atoms with Gasteiger partial charge in [0, 0.05) is 12.1 Å². The number of carbonyl (C=O) groups excluding carboxylic acids is 1. The Balaban J connectivity index is 1.75. The Morgan fingerprint density at radius 2 is 1.67 bits per heavy atom. The Kier molecular flexibility index (Phi) is 4.36. The maximum atomic E-state index is 12.5. The van der Waals surface area contributed by atoms with E-state index in [1.807, 2.05) is 73.7 Å². The molecule has 0 bridgehead atoms. The van der Waals surface area contributed by atoms with Crippen LogP contribution in [0.15, 0.2) is 66.7 Å². The molecule has 0 saturated heterocycles. The van der Waals surface area contributed by atoms with Crippen LogP contribution in [0.2, 0.25) is 0 Å². The van der Waals surface area contributed by atoms with Crippen LogP contribution in [0.5, 0.6) is 0 Å². The van der Waals surface area contributed by atoms with Gasteiger partial charge in [0.1, 0.15) is 5.60 Å². The molecule has 0 heterocycles. The molecule has 0 aliphatic rings. The summed E-state index contributed by atoms with van der Waals surface area (Å²) in [6.07, 6.45) is 0.271. The Morgan fingerprint density at radius 1 is 1.00 bits per heavy atom. The second kappa shape index (κ2) is 6.46. The maximum absolute atomic E-state index is 12.5. The van der Waals surface area contributed by atoms with Crippen molar-refractivity contribution < 1.29 is 9.90 Å². The van der Waals surface area contributed by atoms with Crippen molar-refractivity contribution in [1.29, 1.82) is 0 Å². The maximum Gasteiger partial charge on any atom is 0.256 e. The van der Waals surface area contributed by atoms with E-state index >= 15 is 0 Å². The zero-order valence-electron chi connectivity index (χ0n) is 13.9. The van der Waals surface area contributed by atoms with E-state index < -0.39 is 11.5 Å². The Labute approximate surface area is 142 Å². The first-order chi connectivity index (χ1) is 11.4. The molecule has 0 aromatic heterocycles. The molecule has 1 unspecified atom stereocenters. The fraction of sp³-hybridized carbons (Fsp3) is 0.190. The highest BCUT2D eigenvalue weighted by Crippen LogP contribution is 2.21. The number of hydrogen-bond acceptors (Lipinski definition) is 2. The number of amides is 1. The molecule has 0 aliphatic heterocycles. The Morgan fingerprint density at radius 3 is 2.38 bits per heavy atom. The molecule has 0 saturated carbocycles. The molecule has 3 aromatic carbocycles. The molecular weight excluding hydrogens is 298 g/mol. The van der Waals surface area contributed by atoms with Crippen molar-refractivity contribution in [3.63, 3.8) is 0 Å². The average Bonchev–Trinajstić information content (AvgIpc) is 2.56. The van der Waals surface area contributed by atoms with Crippen molar-refractivity contribution in [1.82, 2.24) is 0 Å². The smallest absolute Gasteiger partial charge is 0.256 e. The van der Waals surface area contributed by atoms with Gasteiger partial charge in [-0.05, 0) is 42.3 Å². The van der Waals surface area contributed by atoms with Crippen LogP contribution in [0, 0.1) is 6.92 Å². The third-order valence-corrected chi connectivity index (χ3v) is 4.17. The summed E-state index contributed by atoms with van der Waals surface area (Å²) in [6.45, 7) is 3.55. The molecule has 0 spiro atoms. The topological polar surface area (TPSA) is 49.3 Å². The van der Waals surface area contributed by atoms with Crippen LogP contribution in [-0.2, 0) is 11.2 Å². The molecule has 0 fully saturated rings. The molecule has 3 nitrogen and oxygen atoms in total. The molecule has 1 atom stereocenters. The summed E-state index contributed by atoms with van der Waals surface area (Å²) in [5.41, 5.74) is 1.29. The van der Waals surface area contributed by atoms with Crippen molar-refractivity contribution in [3.05, 3.63) is 77.9 Å². The number of aryl methyl sites for hydroxylation is 1. The number of anilines is 1. The van der Waals surface area contributed by atoms with Crippen LogP contribution in [0.25, 0.3) is 10.8 Å². The summed E-state index contributed by atoms with van der Waals surface area (Å²) < 4.78 is 0. The van der Waals surface area contributed by atoms with Crippen LogP contribution in [0.3, 0.4) is 0 Å². The van der Waals surface area contributed by atoms with E-state index in [1.54, 1.807) is 6.92 Å². The molecule has 3 rings (SSSR count). The predicted octanol–water partition coefficient (Wildman–Crippen LogP) is 4.08. The van der Waals surface area contributed by atoms with E-state index in [1.165, 1.54) is 0 Å². The minimum absolute atomic E-state index is 0.271. The summed E-state index contributed by atoms with van der Waals surface area (Å²) in [5.74, 6) is -0.404. The highest BCUT2D eigenvalue weighted by atomic mass is 16.3. The van der Waals surface area contributed by atoms with Gasteiger partial charge < -0.3 is 10.4 Å². The summed E-state index contributed by atoms with van der Waals surface area (Å²) in [7, 11) is 0. The molecule has 24 heavy (non-hydrogen) atoms. The average molecular weight is 319 g/mol. The molecule has 1 amide bonds. The van der Waals surface area contributed by atoms with E-state index in [2.05, 4.69) is 5.32 Å². The van der Waals surface area contributed by atoms with Crippen molar-refractivity contribution in [2.45, 2.75) is 25.9 Å². The highest BCUT2D eigenvalue weighted by molar-refractivity contribution is 5.99. The lowest BCUT2D eigenvalue weighted by Gasteiger charge is -2.22. The van der Waals surface area contributed by atoms with Gasteiger partial charge in [0.25, 0.3) is 5.91 Å². The van der Waals surface area contributed by atoms with Crippen LogP contribution in [-0.4, -0.2) is 16.6 Å². The fourth-order valence-electron chi connectivity index (χ4n) is 2.72.